The zero-order valence-electron chi connectivity index (χ0n) is 16.8. The van der Waals surface area contributed by atoms with E-state index in [4.69, 9.17) is 4.74 Å². The van der Waals surface area contributed by atoms with Gasteiger partial charge in [-0.1, -0.05) is 78.9 Å². The van der Waals surface area contributed by atoms with E-state index in [0.29, 0.717) is 12.2 Å². The van der Waals surface area contributed by atoms with Crippen LogP contribution in [0.15, 0.2) is 84.9 Å². The first-order valence-electron chi connectivity index (χ1n) is 10.2. The summed E-state index contributed by atoms with van der Waals surface area (Å²) in [4.78, 5) is 15.4. The molecule has 0 aliphatic carbocycles. The Morgan fingerprint density at radius 2 is 1.48 bits per heavy atom. The molecule has 3 aromatic carbocycles. The molecule has 1 saturated heterocycles. The maximum absolute atomic E-state index is 13.1. The van der Waals surface area contributed by atoms with Crippen LogP contribution in [0, 0.1) is 5.92 Å². The summed E-state index contributed by atoms with van der Waals surface area (Å²) in [5, 5.41) is 0. The summed E-state index contributed by atoms with van der Waals surface area (Å²) < 4.78 is 5.53. The number of hydrogen-bond donors (Lipinski definition) is 0. The van der Waals surface area contributed by atoms with Crippen LogP contribution in [0.2, 0.25) is 0 Å². The summed E-state index contributed by atoms with van der Waals surface area (Å²) in [5.41, 5.74) is 3.58. The van der Waals surface area contributed by atoms with Gasteiger partial charge >= 0.3 is 0 Å². The SMILES string of the molecule is COc1ccccc1CN1CCC(=O)C(C(c2ccccc2)c2ccccc2)C1. The third kappa shape index (κ3) is 4.41. The van der Waals surface area contributed by atoms with Crippen molar-refractivity contribution in [3.05, 3.63) is 102 Å². The molecule has 3 nitrogen and oxygen atoms in total. The molecule has 1 heterocycles. The van der Waals surface area contributed by atoms with Gasteiger partial charge in [-0.15, -0.1) is 0 Å². The van der Waals surface area contributed by atoms with E-state index in [2.05, 4.69) is 59.5 Å². The molecule has 0 aromatic heterocycles. The molecule has 3 aromatic rings. The molecule has 1 unspecified atom stereocenters. The first kappa shape index (κ1) is 19.4. The predicted octanol–water partition coefficient (Wildman–Crippen LogP) is 4.92. The number of rotatable bonds is 6. The third-order valence-corrected chi connectivity index (χ3v) is 5.85. The quantitative estimate of drug-likeness (QED) is 0.603. The average Bonchev–Trinajstić information content (AvgIpc) is 2.78. The molecule has 1 aliphatic heterocycles. The van der Waals surface area contributed by atoms with Crippen molar-refractivity contribution >= 4 is 5.78 Å². The second-order valence-electron chi connectivity index (χ2n) is 7.67. The molecule has 1 aliphatic rings. The van der Waals surface area contributed by atoms with Gasteiger partial charge in [-0.3, -0.25) is 9.69 Å². The average molecular weight is 386 g/mol. The lowest BCUT2D eigenvalue weighted by Gasteiger charge is -2.36. The number of methoxy groups -OCH3 is 1. The molecule has 3 heteroatoms. The zero-order valence-corrected chi connectivity index (χ0v) is 16.8. The number of para-hydroxylation sites is 1. The molecular formula is C26H27NO2. The van der Waals surface area contributed by atoms with Crippen LogP contribution < -0.4 is 4.74 Å². The van der Waals surface area contributed by atoms with E-state index >= 15 is 0 Å². The first-order chi connectivity index (χ1) is 14.3. The van der Waals surface area contributed by atoms with Gasteiger partial charge in [0.2, 0.25) is 0 Å². The lowest BCUT2D eigenvalue weighted by atomic mass is 9.76. The Kier molecular flexibility index (Phi) is 6.06. The molecule has 0 saturated carbocycles. The van der Waals surface area contributed by atoms with E-state index in [1.165, 1.54) is 16.7 Å². The Balaban J connectivity index is 1.62. The minimum atomic E-state index is -0.0525. The highest BCUT2D eigenvalue weighted by Gasteiger charge is 2.35. The van der Waals surface area contributed by atoms with Crippen molar-refractivity contribution in [2.45, 2.75) is 18.9 Å². The van der Waals surface area contributed by atoms with Crippen molar-refractivity contribution in [2.75, 3.05) is 20.2 Å². The Bertz CT molecular complexity index is 900. The number of likely N-dealkylation sites (tertiary alicyclic amines) is 1. The van der Waals surface area contributed by atoms with Crippen LogP contribution in [0.1, 0.15) is 29.0 Å². The fraction of sp³-hybridized carbons (Fsp3) is 0.269. The van der Waals surface area contributed by atoms with E-state index in [1.54, 1.807) is 7.11 Å². The maximum Gasteiger partial charge on any atom is 0.139 e. The van der Waals surface area contributed by atoms with Gasteiger partial charge in [0.1, 0.15) is 11.5 Å². The van der Waals surface area contributed by atoms with Gasteiger partial charge in [-0.25, -0.2) is 0 Å². The van der Waals surface area contributed by atoms with Crippen LogP contribution in [0.3, 0.4) is 0 Å². The van der Waals surface area contributed by atoms with Crippen LogP contribution in [-0.2, 0) is 11.3 Å². The number of hydrogen-bond acceptors (Lipinski definition) is 3. The van der Waals surface area contributed by atoms with Gasteiger partial charge in [0, 0.05) is 43.5 Å². The second kappa shape index (κ2) is 9.06. The van der Waals surface area contributed by atoms with Crippen LogP contribution in [0.4, 0.5) is 0 Å². The van der Waals surface area contributed by atoms with Crippen molar-refractivity contribution in [2.24, 2.45) is 5.92 Å². The van der Waals surface area contributed by atoms with Crippen molar-refractivity contribution in [1.82, 2.24) is 4.90 Å². The minimum absolute atomic E-state index is 0.0525. The van der Waals surface area contributed by atoms with Crippen LogP contribution in [-0.4, -0.2) is 30.9 Å². The summed E-state index contributed by atoms with van der Waals surface area (Å²) >= 11 is 0. The Hall–Kier alpha value is -2.91. The number of benzene rings is 3. The summed E-state index contributed by atoms with van der Waals surface area (Å²) in [7, 11) is 1.71. The molecule has 0 radical (unpaired) electrons. The number of ketones is 1. The maximum atomic E-state index is 13.1. The smallest absolute Gasteiger partial charge is 0.139 e. The van der Waals surface area contributed by atoms with Crippen molar-refractivity contribution in [3.8, 4) is 5.75 Å². The summed E-state index contributed by atoms with van der Waals surface area (Å²) in [6.07, 6.45) is 0.593. The van der Waals surface area contributed by atoms with Gasteiger partial charge in [0.25, 0.3) is 0 Å². The molecule has 4 rings (SSSR count). The van der Waals surface area contributed by atoms with Crippen molar-refractivity contribution in [3.63, 3.8) is 0 Å². The number of piperidine rings is 1. The lowest BCUT2D eigenvalue weighted by Crippen LogP contribution is -2.43. The number of Topliss-reactive ketones (excluding diaryl/α,β-unsaturated/α-hetero) is 1. The molecule has 0 bridgehead atoms. The van der Waals surface area contributed by atoms with Crippen LogP contribution >= 0.6 is 0 Å². The molecule has 1 fully saturated rings. The molecule has 29 heavy (non-hydrogen) atoms. The minimum Gasteiger partial charge on any atom is -0.496 e. The van der Waals surface area contributed by atoms with Gasteiger partial charge in [0.15, 0.2) is 0 Å². The summed E-state index contributed by atoms with van der Waals surface area (Å²) in [6, 6.07) is 29.0. The highest BCUT2D eigenvalue weighted by atomic mass is 16.5. The Labute approximate surface area is 172 Å². The van der Waals surface area contributed by atoms with Gasteiger partial charge in [-0.2, -0.15) is 0 Å². The standard InChI is InChI=1S/C26H27NO2/c1-29-25-15-9-8-14-22(25)18-27-17-16-24(28)23(19-27)26(20-10-4-2-5-11-20)21-12-6-3-7-13-21/h2-15,23,26H,16-19H2,1H3. The number of carbonyl (C=O) groups excluding carboxylic acids is 1. The lowest BCUT2D eigenvalue weighted by molar-refractivity contribution is -0.126. The number of nitrogens with zero attached hydrogens (tertiary/aromatic N) is 1. The van der Waals surface area contributed by atoms with E-state index in [0.717, 1.165) is 25.4 Å². The van der Waals surface area contributed by atoms with Gasteiger partial charge < -0.3 is 4.74 Å². The third-order valence-electron chi connectivity index (χ3n) is 5.85. The monoisotopic (exact) mass is 385 g/mol. The summed E-state index contributed by atoms with van der Waals surface area (Å²) in [6.45, 7) is 2.35. The van der Waals surface area contributed by atoms with Gasteiger partial charge in [0.05, 0.1) is 7.11 Å². The van der Waals surface area contributed by atoms with Crippen molar-refractivity contribution in [1.29, 1.82) is 0 Å². The van der Waals surface area contributed by atoms with Crippen LogP contribution in [0.5, 0.6) is 5.75 Å². The normalized spacial score (nSPS) is 17.4. The highest BCUT2D eigenvalue weighted by molar-refractivity contribution is 5.83. The van der Waals surface area contributed by atoms with Crippen molar-refractivity contribution < 1.29 is 9.53 Å². The first-order valence-corrected chi connectivity index (χ1v) is 10.2. The van der Waals surface area contributed by atoms with Gasteiger partial charge in [-0.05, 0) is 17.2 Å². The summed E-state index contributed by atoms with van der Waals surface area (Å²) in [5.74, 6) is 1.29. The van der Waals surface area contributed by atoms with E-state index in [1.807, 2.05) is 30.3 Å². The topological polar surface area (TPSA) is 29.5 Å². The predicted molar refractivity (Wildman–Crippen MR) is 116 cm³/mol. The largest absolute Gasteiger partial charge is 0.496 e. The molecule has 1 atom stereocenters. The fourth-order valence-electron chi connectivity index (χ4n) is 4.41. The Morgan fingerprint density at radius 3 is 2.10 bits per heavy atom. The fourth-order valence-corrected chi connectivity index (χ4v) is 4.41. The molecule has 0 N–H and O–H groups in total. The van der Waals surface area contributed by atoms with Crippen LogP contribution in [0.25, 0.3) is 0 Å². The molecular weight excluding hydrogens is 358 g/mol. The molecule has 0 amide bonds. The van der Waals surface area contributed by atoms with E-state index in [9.17, 15) is 4.79 Å². The highest BCUT2D eigenvalue weighted by Crippen LogP contribution is 2.36. The van der Waals surface area contributed by atoms with E-state index < -0.39 is 0 Å². The zero-order chi connectivity index (χ0) is 20.1. The molecule has 0 spiro atoms. The number of ether oxygens (including phenoxy) is 1. The second-order valence-corrected chi connectivity index (χ2v) is 7.67. The Morgan fingerprint density at radius 1 is 0.897 bits per heavy atom. The van der Waals surface area contributed by atoms with E-state index in [-0.39, 0.29) is 11.8 Å². The number of carbonyl (C=O) groups is 1. The molecule has 148 valence electrons.